The number of hydrogen-bond acceptors (Lipinski definition) is 4. The molecule has 0 atom stereocenters. The quantitative estimate of drug-likeness (QED) is 0.641. The zero-order chi connectivity index (χ0) is 20.1. The van der Waals surface area contributed by atoms with Crippen molar-refractivity contribution >= 4 is 27.6 Å². The predicted molar refractivity (Wildman–Crippen MR) is 102 cm³/mol. The molecule has 3 N–H and O–H groups in total. The van der Waals surface area contributed by atoms with Crippen LogP contribution in [-0.2, 0) is 14.8 Å². The maximum absolute atomic E-state index is 12.4. The zero-order valence-electron chi connectivity index (χ0n) is 15.1. The van der Waals surface area contributed by atoms with Gasteiger partial charge in [-0.25, -0.2) is 8.42 Å². The van der Waals surface area contributed by atoms with Crippen LogP contribution < -0.4 is 10.0 Å². The van der Waals surface area contributed by atoms with E-state index in [2.05, 4.69) is 10.0 Å². The highest BCUT2D eigenvalue weighted by Crippen LogP contribution is 2.20. The number of rotatable bonds is 8. The molecule has 0 aliphatic rings. The van der Waals surface area contributed by atoms with E-state index in [1.807, 2.05) is 0 Å². The standard InChI is InChI=1S/C19H22N2O5S/c1-19(2,18(23)24)12-13-20-17(22)14-8-10-16(11-9-14)27(25,26)21-15-6-4-3-5-7-15/h3-11,21H,12-13H2,1-2H3,(H,20,22)(H,23,24). The molecule has 2 aromatic rings. The van der Waals surface area contributed by atoms with Gasteiger partial charge in [0, 0.05) is 17.8 Å². The minimum absolute atomic E-state index is 0.0370. The van der Waals surface area contributed by atoms with E-state index >= 15 is 0 Å². The minimum atomic E-state index is -3.75. The Bertz CT molecular complexity index is 907. The molecular formula is C19H22N2O5S. The number of para-hydroxylation sites is 1. The van der Waals surface area contributed by atoms with Gasteiger partial charge in [0.1, 0.15) is 0 Å². The molecule has 8 heteroatoms. The summed E-state index contributed by atoms with van der Waals surface area (Å²) in [6, 6.07) is 14.0. The van der Waals surface area contributed by atoms with Gasteiger partial charge in [-0.05, 0) is 56.7 Å². The van der Waals surface area contributed by atoms with Gasteiger partial charge in [-0.1, -0.05) is 18.2 Å². The number of sulfonamides is 1. The molecule has 144 valence electrons. The van der Waals surface area contributed by atoms with Crippen LogP contribution in [0.1, 0.15) is 30.6 Å². The van der Waals surface area contributed by atoms with Crippen molar-refractivity contribution in [2.24, 2.45) is 5.41 Å². The van der Waals surface area contributed by atoms with Gasteiger partial charge in [0.2, 0.25) is 0 Å². The summed E-state index contributed by atoms with van der Waals surface area (Å²) in [4.78, 5) is 23.2. The first kappa shape index (κ1) is 20.4. The lowest BCUT2D eigenvalue weighted by atomic mass is 9.90. The second-order valence-corrected chi connectivity index (χ2v) is 8.37. The molecule has 0 aromatic heterocycles. The average molecular weight is 390 g/mol. The Balaban J connectivity index is 2.00. The van der Waals surface area contributed by atoms with Gasteiger partial charge in [0.15, 0.2) is 0 Å². The monoisotopic (exact) mass is 390 g/mol. The van der Waals surface area contributed by atoms with E-state index in [9.17, 15) is 18.0 Å². The molecule has 7 nitrogen and oxygen atoms in total. The van der Waals surface area contributed by atoms with Gasteiger partial charge in [0.25, 0.3) is 15.9 Å². The van der Waals surface area contributed by atoms with E-state index in [1.165, 1.54) is 24.3 Å². The van der Waals surface area contributed by atoms with Gasteiger partial charge in [-0.2, -0.15) is 0 Å². The van der Waals surface area contributed by atoms with Crippen molar-refractivity contribution in [1.82, 2.24) is 5.32 Å². The molecule has 0 unspecified atom stereocenters. The number of amides is 1. The summed E-state index contributed by atoms with van der Waals surface area (Å²) >= 11 is 0. The zero-order valence-corrected chi connectivity index (χ0v) is 15.9. The van der Waals surface area contributed by atoms with Gasteiger partial charge in [-0.3, -0.25) is 14.3 Å². The average Bonchev–Trinajstić information content (AvgIpc) is 2.62. The molecule has 0 aliphatic carbocycles. The highest BCUT2D eigenvalue weighted by atomic mass is 32.2. The maximum Gasteiger partial charge on any atom is 0.309 e. The Morgan fingerprint density at radius 3 is 2.15 bits per heavy atom. The van der Waals surface area contributed by atoms with Crippen molar-refractivity contribution in [2.45, 2.75) is 25.2 Å². The highest BCUT2D eigenvalue weighted by Gasteiger charge is 2.26. The van der Waals surface area contributed by atoms with Gasteiger partial charge >= 0.3 is 5.97 Å². The second-order valence-electron chi connectivity index (χ2n) is 6.69. The van der Waals surface area contributed by atoms with Crippen LogP contribution in [0.2, 0.25) is 0 Å². The number of carbonyl (C=O) groups is 2. The van der Waals surface area contributed by atoms with Crippen LogP contribution in [0, 0.1) is 5.41 Å². The molecule has 0 radical (unpaired) electrons. The number of carboxylic acids is 1. The minimum Gasteiger partial charge on any atom is -0.481 e. The lowest BCUT2D eigenvalue weighted by molar-refractivity contribution is -0.147. The molecule has 0 bridgehead atoms. The summed E-state index contributed by atoms with van der Waals surface area (Å²) in [5, 5.41) is 11.7. The van der Waals surface area contributed by atoms with Gasteiger partial charge < -0.3 is 10.4 Å². The molecule has 1 amide bonds. The van der Waals surface area contributed by atoms with E-state index in [1.54, 1.807) is 44.2 Å². The number of hydrogen-bond donors (Lipinski definition) is 3. The molecule has 0 aliphatic heterocycles. The SMILES string of the molecule is CC(C)(CCNC(=O)c1ccc(S(=O)(=O)Nc2ccccc2)cc1)C(=O)O. The summed E-state index contributed by atoms with van der Waals surface area (Å²) in [7, 11) is -3.75. The van der Waals surface area contributed by atoms with Crippen molar-refractivity contribution in [3.8, 4) is 0 Å². The molecule has 0 heterocycles. The van der Waals surface area contributed by atoms with Crippen LogP contribution in [0.3, 0.4) is 0 Å². The largest absolute Gasteiger partial charge is 0.481 e. The van der Waals surface area contributed by atoms with Crippen LogP contribution >= 0.6 is 0 Å². The molecule has 0 saturated carbocycles. The summed E-state index contributed by atoms with van der Waals surface area (Å²) < 4.78 is 27.2. The van der Waals surface area contributed by atoms with Crippen molar-refractivity contribution in [3.63, 3.8) is 0 Å². The Morgan fingerprint density at radius 1 is 1.00 bits per heavy atom. The molecule has 0 saturated heterocycles. The summed E-state index contributed by atoms with van der Waals surface area (Å²) in [5.41, 5.74) is -0.198. The molecule has 27 heavy (non-hydrogen) atoms. The highest BCUT2D eigenvalue weighted by molar-refractivity contribution is 7.92. The van der Waals surface area contributed by atoms with Crippen molar-refractivity contribution in [2.75, 3.05) is 11.3 Å². The topological polar surface area (TPSA) is 113 Å². The number of carboxylic acid groups (broad SMARTS) is 1. The third-order valence-corrected chi connectivity index (χ3v) is 5.46. The number of benzene rings is 2. The van der Waals surface area contributed by atoms with E-state index in [4.69, 9.17) is 5.11 Å². The Kier molecular flexibility index (Phi) is 6.22. The van der Waals surface area contributed by atoms with E-state index < -0.39 is 27.3 Å². The number of aliphatic carboxylic acids is 1. The second kappa shape index (κ2) is 8.22. The molecule has 0 spiro atoms. The molecular weight excluding hydrogens is 368 g/mol. The lowest BCUT2D eigenvalue weighted by Crippen LogP contribution is -2.31. The Morgan fingerprint density at radius 2 is 1.59 bits per heavy atom. The van der Waals surface area contributed by atoms with Crippen LogP contribution in [0.15, 0.2) is 59.5 Å². The number of anilines is 1. The maximum atomic E-state index is 12.4. The third-order valence-electron chi connectivity index (χ3n) is 4.07. The lowest BCUT2D eigenvalue weighted by Gasteiger charge is -2.18. The van der Waals surface area contributed by atoms with Crippen LogP contribution in [0.4, 0.5) is 5.69 Å². The normalized spacial score (nSPS) is 11.6. The Hall–Kier alpha value is -2.87. The van der Waals surface area contributed by atoms with E-state index in [-0.39, 0.29) is 17.9 Å². The first-order valence-corrected chi connectivity index (χ1v) is 9.80. The van der Waals surface area contributed by atoms with E-state index in [0.29, 0.717) is 11.3 Å². The smallest absolute Gasteiger partial charge is 0.309 e. The first-order valence-electron chi connectivity index (χ1n) is 8.31. The van der Waals surface area contributed by atoms with Gasteiger partial charge in [-0.15, -0.1) is 0 Å². The number of nitrogens with one attached hydrogen (secondary N) is 2. The summed E-state index contributed by atoms with van der Waals surface area (Å²) in [6.07, 6.45) is 0.279. The molecule has 2 rings (SSSR count). The summed E-state index contributed by atoms with van der Waals surface area (Å²) in [6.45, 7) is 3.37. The molecule has 2 aromatic carbocycles. The van der Waals surface area contributed by atoms with E-state index in [0.717, 1.165) is 0 Å². The van der Waals surface area contributed by atoms with Crippen molar-refractivity contribution in [1.29, 1.82) is 0 Å². The number of carbonyl (C=O) groups excluding carboxylic acids is 1. The fourth-order valence-electron chi connectivity index (χ4n) is 2.20. The van der Waals surface area contributed by atoms with Crippen LogP contribution in [0.25, 0.3) is 0 Å². The van der Waals surface area contributed by atoms with Crippen molar-refractivity contribution < 1.29 is 23.1 Å². The van der Waals surface area contributed by atoms with Crippen LogP contribution in [0.5, 0.6) is 0 Å². The van der Waals surface area contributed by atoms with Crippen LogP contribution in [-0.4, -0.2) is 31.9 Å². The van der Waals surface area contributed by atoms with Crippen molar-refractivity contribution in [3.05, 3.63) is 60.2 Å². The Labute approximate surface area is 158 Å². The fraction of sp³-hybridized carbons (Fsp3) is 0.263. The fourth-order valence-corrected chi connectivity index (χ4v) is 3.26. The van der Waals surface area contributed by atoms with Gasteiger partial charge in [0.05, 0.1) is 10.3 Å². The first-order chi connectivity index (χ1) is 12.6. The third kappa shape index (κ3) is 5.55. The summed E-state index contributed by atoms with van der Waals surface area (Å²) in [5.74, 6) is -1.33. The molecule has 0 fully saturated rings. The predicted octanol–water partition coefficient (Wildman–Crippen LogP) is 2.72.